The Labute approximate surface area is 127 Å². The maximum absolute atomic E-state index is 6.41. The third-order valence-electron chi connectivity index (χ3n) is 5.05. The van der Waals surface area contributed by atoms with Crippen LogP contribution in [0.4, 0.5) is 5.69 Å². The molecule has 2 N–H and O–H groups in total. The van der Waals surface area contributed by atoms with E-state index in [-0.39, 0.29) is 6.04 Å². The number of rotatable bonds is 2. The van der Waals surface area contributed by atoms with Gasteiger partial charge in [0, 0.05) is 29.3 Å². The molecule has 0 radical (unpaired) electrons. The van der Waals surface area contributed by atoms with Crippen molar-refractivity contribution in [2.75, 3.05) is 11.4 Å². The zero-order valence-electron chi connectivity index (χ0n) is 12.3. The normalized spacial score (nSPS) is 28.1. The molecule has 1 aromatic carbocycles. The number of anilines is 1. The zero-order chi connectivity index (χ0) is 14.1. The van der Waals surface area contributed by atoms with E-state index in [1.807, 2.05) is 6.92 Å². The number of nitrogens with zero attached hydrogens (tertiary/aromatic N) is 1. The van der Waals surface area contributed by atoms with E-state index in [1.165, 1.54) is 50.8 Å². The first-order valence-corrected chi connectivity index (χ1v) is 8.36. The number of hydrogen-bond donors (Lipinski definition) is 1. The number of halogens is 1. The molecule has 2 fully saturated rings. The molecule has 1 saturated carbocycles. The van der Waals surface area contributed by atoms with Crippen LogP contribution in [0.15, 0.2) is 18.2 Å². The molecule has 0 bridgehead atoms. The van der Waals surface area contributed by atoms with Gasteiger partial charge in [-0.3, -0.25) is 0 Å². The van der Waals surface area contributed by atoms with E-state index in [1.54, 1.807) is 0 Å². The minimum absolute atomic E-state index is 0.000310. The van der Waals surface area contributed by atoms with Crippen molar-refractivity contribution in [2.45, 2.75) is 57.5 Å². The van der Waals surface area contributed by atoms with Gasteiger partial charge in [0.2, 0.25) is 0 Å². The fraction of sp³-hybridized carbons (Fsp3) is 0.647. The Morgan fingerprint density at radius 2 is 1.95 bits per heavy atom. The van der Waals surface area contributed by atoms with Gasteiger partial charge in [-0.2, -0.15) is 0 Å². The molecule has 1 aliphatic carbocycles. The van der Waals surface area contributed by atoms with E-state index in [4.69, 9.17) is 17.3 Å². The second-order valence-corrected chi connectivity index (χ2v) is 6.85. The summed E-state index contributed by atoms with van der Waals surface area (Å²) in [6, 6.07) is 7.17. The van der Waals surface area contributed by atoms with Crippen LogP contribution in [0.1, 0.15) is 57.1 Å². The number of hydrogen-bond acceptors (Lipinski definition) is 2. The topological polar surface area (TPSA) is 29.3 Å². The van der Waals surface area contributed by atoms with Crippen LogP contribution in [0.2, 0.25) is 5.02 Å². The molecule has 1 saturated heterocycles. The molecule has 3 atom stereocenters. The molecule has 110 valence electrons. The summed E-state index contributed by atoms with van der Waals surface area (Å²) in [5.74, 6) is 0.893. The Balaban J connectivity index is 1.85. The summed E-state index contributed by atoms with van der Waals surface area (Å²) in [6.45, 7) is 3.16. The van der Waals surface area contributed by atoms with Crippen molar-refractivity contribution >= 4 is 17.3 Å². The number of piperidine rings is 1. The van der Waals surface area contributed by atoms with Gasteiger partial charge in [-0.1, -0.05) is 30.5 Å². The molecule has 0 aromatic heterocycles. The Hall–Kier alpha value is -0.730. The monoisotopic (exact) mass is 292 g/mol. The molecule has 3 heteroatoms. The summed E-state index contributed by atoms with van der Waals surface area (Å²) in [5.41, 5.74) is 8.29. The maximum Gasteiger partial charge on any atom is 0.0474 e. The van der Waals surface area contributed by atoms with Crippen molar-refractivity contribution in [1.82, 2.24) is 0 Å². The van der Waals surface area contributed by atoms with Gasteiger partial charge in [0.05, 0.1) is 0 Å². The lowest BCUT2D eigenvalue weighted by Crippen LogP contribution is -2.46. The van der Waals surface area contributed by atoms with Gasteiger partial charge in [0.15, 0.2) is 0 Å². The summed E-state index contributed by atoms with van der Waals surface area (Å²) in [6.07, 6.45) is 8.27. The Bertz CT molecular complexity index is 470. The van der Waals surface area contributed by atoms with Gasteiger partial charge in [-0.05, 0) is 56.2 Å². The van der Waals surface area contributed by atoms with Gasteiger partial charge in [0.1, 0.15) is 0 Å². The SMILES string of the molecule is CC(N)c1ccc(N2CCC[C@H]3CCCC[C@H]32)cc1Cl. The van der Waals surface area contributed by atoms with Crippen LogP contribution in [0.25, 0.3) is 0 Å². The fourth-order valence-corrected chi connectivity index (χ4v) is 4.36. The van der Waals surface area contributed by atoms with Crippen molar-refractivity contribution < 1.29 is 0 Å². The van der Waals surface area contributed by atoms with Gasteiger partial charge in [-0.15, -0.1) is 0 Å². The first kappa shape index (κ1) is 14.2. The van der Waals surface area contributed by atoms with Gasteiger partial charge in [-0.25, -0.2) is 0 Å². The van der Waals surface area contributed by atoms with Gasteiger partial charge in [0.25, 0.3) is 0 Å². The minimum Gasteiger partial charge on any atom is -0.368 e. The fourth-order valence-electron chi connectivity index (χ4n) is 4.01. The van der Waals surface area contributed by atoms with Crippen LogP contribution in [-0.4, -0.2) is 12.6 Å². The van der Waals surface area contributed by atoms with Crippen molar-refractivity contribution in [2.24, 2.45) is 11.7 Å². The number of nitrogens with two attached hydrogens (primary N) is 1. The third kappa shape index (κ3) is 2.68. The van der Waals surface area contributed by atoms with E-state index in [2.05, 4.69) is 23.1 Å². The lowest BCUT2D eigenvalue weighted by Gasteiger charge is -2.45. The van der Waals surface area contributed by atoms with Crippen LogP contribution in [-0.2, 0) is 0 Å². The zero-order valence-corrected chi connectivity index (χ0v) is 13.1. The molecular formula is C17H25ClN2. The molecule has 1 unspecified atom stereocenters. The molecule has 1 heterocycles. The molecule has 3 rings (SSSR count). The molecule has 20 heavy (non-hydrogen) atoms. The Morgan fingerprint density at radius 1 is 1.20 bits per heavy atom. The smallest absolute Gasteiger partial charge is 0.0474 e. The highest BCUT2D eigenvalue weighted by Crippen LogP contribution is 2.38. The van der Waals surface area contributed by atoms with Crippen LogP contribution in [0, 0.1) is 5.92 Å². The van der Waals surface area contributed by atoms with Gasteiger partial charge >= 0.3 is 0 Å². The molecule has 1 aromatic rings. The highest BCUT2D eigenvalue weighted by Gasteiger charge is 2.33. The number of fused-ring (bicyclic) bond motifs is 1. The average molecular weight is 293 g/mol. The standard InChI is InChI=1S/C17H25ClN2/c1-12(19)15-9-8-14(11-16(15)18)20-10-4-6-13-5-2-3-7-17(13)20/h8-9,11-13,17H,2-7,10,19H2,1H3/t12?,13-,17-/m1/s1. The summed E-state index contributed by atoms with van der Waals surface area (Å²) < 4.78 is 0. The predicted molar refractivity (Wildman–Crippen MR) is 86.4 cm³/mol. The quantitative estimate of drug-likeness (QED) is 0.868. The molecule has 1 aliphatic heterocycles. The second-order valence-electron chi connectivity index (χ2n) is 6.44. The van der Waals surface area contributed by atoms with Crippen molar-refractivity contribution in [1.29, 1.82) is 0 Å². The van der Waals surface area contributed by atoms with E-state index in [9.17, 15) is 0 Å². The maximum atomic E-state index is 6.41. The molecular weight excluding hydrogens is 268 g/mol. The Morgan fingerprint density at radius 3 is 2.70 bits per heavy atom. The van der Waals surface area contributed by atoms with E-state index >= 15 is 0 Å². The average Bonchev–Trinajstić information content (AvgIpc) is 2.46. The first-order valence-electron chi connectivity index (χ1n) is 7.98. The van der Waals surface area contributed by atoms with Crippen LogP contribution in [0.3, 0.4) is 0 Å². The molecule has 0 spiro atoms. The lowest BCUT2D eigenvalue weighted by atomic mass is 9.78. The first-order chi connectivity index (χ1) is 9.66. The predicted octanol–water partition coefficient (Wildman–Crippen LogP) is 4.52. The van der Waals surface area contributed by atoms with E-state index < -0.39 is 0 Å². The highest BCUT2D eigenvalue weighted by molar-refractivity contribution is 6.31. The summed E-state index contributed by atoms with van der Waals surface area (Å²) >= 11 is 6.41. The van der Waals surface area contributed by atoms with Crippen LogP contribution >= 0.6 is 11.6 Å². The van der Waals surface area contributed by atoms with E-state index in [0.717, 1.165) is 22.5 Å². The largest absolute Gasteiger partial charge is 0.368 e. The molecule has 0 amide bonds. The molecule has 2 aliphatic rings. The van der Waals surface area contributed by atoms with Crippen molar-refractivity contribution in [3.05, 3.63) is 28.8 Å². The van der Waals surface area contributed by atoms with Crippen LogP contribution in [0.5, 0.6) is 0 Å². The number of benzene rings is 1. The van der Waals surface area contributed by atoms with E-state index in [0.29, 0.717) is 0 Å². The van der Waals surface area contributed by atoms with Gasteiger partial charge < -0.3 is 10.6 Å². The van der Waals surface area contributed by atoms with Crippen molar-refractivity contribution in [3.8, 4) is 0 Å². The van der Waals surface area contributed by atoms with Crippen molar-refractivity contribution in [3.63, 3.8) is 0 Å². The second kappa shape index (κ2) is 5.95. The van der Waals surface area contributed by atoms with Crippen LogP contribution < -0.4 is 10.6 Å². The summed E-state index contributed by atoms with van der Waals surface area (Å²) in [4.78, 5) is 2.60. The third-order valence-corrected chi connectivity index (χ3v) is 5.38. The summed E-state index contributed by atoms with van der Waals surface area (Å²) in [5, 5.41) is 0.815. The molecule has 2 nitrogen and oxygen atoms in total. The lowest BCUT2D eigenvalue weighted by molar-refractivity contribution is 0.244. The Kier molecular flexibility index (Phi) is 4.23. The summed E-state index contributed by atoms with van der Waals surface area (Å²) in [7, 11) is 0. The highest BCUT2D eigenvalue weighted by atomic mass is 35.5. The minimum atomic E-state index is 0.000310.